The summed E-state index contributed by atoms with van der Waals surface area (Å²) in [7, 11) is 0. The first-order valence-electron chi connectivity index (χ1n) is 8.00. The van der Waals surface area contributed by atoms with Crippen molar-refractivity contribution in [3.8, 4) is 0 Å². The van der Waals surface area contributed by atoms with E-state index in [2.05, 4.69) is 24.5 Å². The minimum Gasteiger partial charge on any atom is -0.322 e. The van der Waals surface area contributed by atoms with Crippen LogP contribution in [0.1, 0.15) is 37.7 Å². The molecule has 23 heavy (non-hydrogen) atoms. The molecule has 0 amide bonds. The number of rotatable bonds is 5. The maximum atomic E-state index is 13.1. The number of hydrogen-bond donors (Lipinski definition) is 1. The van der Waals surface area contributed by atoms with Crippen molar-refractivity contribution < 1.29 is 4.39 Å². The van der Waals surface area contributed by atoms with Gasteiger partial charge in [0.15, 0.2) is 0 Å². The molecule has 0 spiro atoms. The van der Waals surface area contributed by atoms with E-state index in [9.17, 15) is 4.39 Å². The third-order valence-corrected chi connectivity index (χ3v) is 4.00. The molecule has 1 aromatic heterocycles. The van der Waals surface area contributed by atoms with Crippen LogP contribution < -0.4 is 5.73 Å². The average molecular weight is 311 g/mol. The Morgan fingerprint density at radius 2 is 1.78 bits per heavy atom. The van der Waals surface area contributed by atoms with Crippen molar-refractivity contribution >= 4 is 11.0 Å². The molecule has 2 N–H and O–H groups in total. The van der Waals surface area contributed by atoms with E-state index in [1.54, 1.807) is 0 Å². The SMILES string of the molecule is CC(C)CC(N)c1nc2ccccc2n1Cc1ccc(F)cc1. The highest BCUT2D eigenvalue weighted by molar-refractivity contribution is 5.76. The van der Waals surface area contributed by atoms with Crippen molar-refractivity contribution in [3.63, 3.8) is 0 Å². The Bertz CT molecular complexity index is 790. The van der Waals surface area contributed by atoms with E-state index in [4.69, 9.17) is 10.7 Å². The Morgan fingerprint density at radius 3 is 2.48 bits per heavy atom. The van der Waals surface area contributed by atoms with Crippen molar-refractivity contribution in [2.75, 3.05) is 0 Å². The fourth-order valence-electron chi connectivity index (χ4n) is 2.93. The van der Waals surface area contributed by atoms with E-state index in [1.165, 1.54) is 12.1 Å². The smallest absolute Gasteiger partial charge is 0.127 e. The average Bonchev–Trinajstić information content (AvgIpc) is 2.88. The lowest BCUT2D eigenvalue weighted by atomic mass is 10.0. The number of para-hydroxylation sites is 2. The zero-order chi connectivity index (χ0) is 16.4. The van der Waals surface area contributed by atoms with Crippen LogP contribution in [-0.2, 0) is 6.54 Å². The summed E-state index contributed by atoms with van der Waals surface area (Å²) < 4.78 is 15.3. The van der Waals surface area contributed by atoms with E-state index >= 15 is 0 Å². The minimum absolute atomic E-state index is 0.108. The number of aromatic nitrogens is 2. The molecule has 3 rings (SSSR count). The molecule has 120 valence electrons. The molecule has 0 aliphatic rings. The van der Waals surface area contributed by atoms with Crippen molar-refractivity contribution in [1.82, 2.24) is 9.55 Å². The number of hydrogen-bond acceptors (Lipinski definition) is 2. The third kappa shape index (κ3) is 3.42. The molecule has 1 atom stereocenters. The Balaban J connectivity index is 2.03. The van der Waals surface area contributed by atoms with Crippen molar-refractivity contribution in [2.24, 2.45) is 11.7 Å². The Kier molecular flexibility index (Phi) is 4.44. The first-order valence-corrected chi connectivity index (χ1v) is 8.00. The molecule has 2 aromatic carbocycles. The van der Waals surface area contributed by atoms with Crippen LogP contribution in [0.15, 0.2) is 48.5 Å². The lowest BCUT2D eigenvalue weighted by molar-refractivity contribution is 0.481. The molecule has 3 nitrogen and oxygen atoms in total. The van der Waals surface area contributed by atoms with Gasteiger partial charge in [-0.15, -0.1) is 0 Å². The van der Waals surface area contributed by atoms with Gasteiger partial charge in [0.25, 0.3) is 0 Å². The molecule has 0 saturated carbocycles. The van der Waals surface area contributed by atoms with Crippen LogP contribution in [-0.4, -0.2) is 9.55 Å². The second-order valence-electron chi connectivity index (χ2n) is 6.41. The Labute approximate surface area is 136 Å². The summed E-state index contributed by atoms with van der Waals surface area (Å²) in [5, 5.41) is 0. The standard InChI is InChI=1S/C19H22FN3/c1-13(2)11-16(21)19-22-17-5-3-4-6-18(17)23(19)12-14-7-9-15(20)10-8-14/h3-10,13,16H,11-12,21H2,1-2H3. The minimum atomic E-state index is -0.221. The quantitative estimate of drug-likeness (QED) is 0.764. The summed E-state index contributed by atoms with van der Waals surface area (Å²) >= 11 is 0. The molecule has 0 radical (unpaired) electrons. The van der Waals surface area contributed by atoms with Crippen LogP contribution >= 0.6 is 0 Å². The van der Waals surface area contributed by atoms with Gasteiger partial charge in [0.1, 0.15) is 11.6 Å². The number of nitrogens with zero attached hydrogens (tertiary/aromatic N) is 2. The van der Waals surface area contributed by atoms with Gasteiger partial charge in [0, 0.05) is 6.54 Å². The Morgan fingerprint density at radius 1 is 1.09 bits per heavy atom. The van der Waals surface area contributed by atoms with E-state index < -0.39 is 0 Å². The van der Waals surface area contributed by atoms with Gasteiger partial charge in [-0.05, 0) is 42.2 Å². The molecule has 0 aliphatic heterocycles. The zero-order valence-electron chi connectivity index (χ0n) is 13.5. The number of fused-ring (bicyclic) bond motifs is 1. The monoisotopic (exact) mass is 311 g/mol. The van der Waals surface area contributed by atoms with Crippen molar-refractivity contribution in [3.05, 3.63) is 65.7 Å². The maximum absolute atomic E-state index is 13.1. The highest BCUT2D eigenvalue weighted by Crippen LogP contribution is 2.24. The molecule has 0 bridgehead atoms. The first-order chi connectivity index (χ1) is 11.0. The second-order valence-corrected chi connectivity index (χ2v) is 6.41. The highest BCUT2D eigenvalue weighted by Gasteiger charge is 2.18. The summed E-state index contributed by atoms with van der Waals surface area (Å²) in [5.41, 5.74) is 9.44. The second kappa shape index (κ2) is 6.50. The zero-order valence-corrected chi connectivity index (χ0v) is 13.5. The van der Waals surface area contributed by atoms with Gasteiger partial charge in [0.05, 0.1) is 17.1 Å². The van der Waals surface area contributed by atoms with Gasteiger partial charge in [-0.25, -0.2) is 9.37 Å². The van der Waals surface area contributed by atoms with E-state index in [0.29, 0.717) is 12.5 Å². The lowest BCUT2D eigenvalue weighted by Gasteiger charge is -2.16. The predicted octanol–water partition coefficient (Wildman–Crippen LogP) is 4.27. The molecule has 4 heteroatoms. The van der Waals surface area contributed by atoms with Gasteiger partial charge >= 0.3 is 0 Å². The van der Waals surface area contributed by atoms with Gasteiger partial charge in [0.2, 0.25) is 0 Å². The highest BCUT2D eigenvalue weighted by atomic mass is 19.1. The van der Waals surface area contributed by atoms with Crippen LogP contribution in [0.4, 0.5) is 4.39 Å². The largest absolute Gasteiger partial charge is 0.322 e. The van der Waals surface area contributed by atoms with E-state index in [-0.39, 0.29) is 11.9 Å². The molecular weight excluding hydrogens is 289 g/mol. The van der Waals surface area contributed by atoms with E-state index in [1.807, 2.05) is 30.3 Å². The fraction of sp³-hybridized carbons (Fsp3) is 0.316. The molecule has 3 aromatic rings. The van der Waals surface area contributed by atoms with Gasteiger partial charge < -0.3 is 10.3 Å². The van der Waals surface area contributed by atoms with Crippen LogP contribution in [0, 0.1) is 11.7 Å². The van der Waals surface area contributed by atoms with Gasteiger partial charge in [-0.2, -0.15) is 0 Å². The van der Waals surface area contributed by atoms with Crippen LogP contribution in [0.3, 0.4) is 0 Å². The maximum Gasteiger partial charge on any atom is 0.127 e. The van der Waals surface area contributed by atoms with Gasteiger partial charge in [-0.1, -0.05) is 38.1 Å². The fourth-order valence-corrected chi connectivity index (χ4v) is 2.93. The molecule has 0 fully saturated rings. The molecule has 1 unspecified atom stereocenters. The molecular formula is C19H22FN3. The van der Waals surface area contributed by atoms with Crippen LogP contribution in [0.25, 0.3) is 11.0 Å². The van der Waals surface area contributed by atoms with Crippen LogP contribution in [0.5, 0.6) is 0 Å². The predicted molar refractivity (Wildman–Crippen MR) is 91.6 cm³/mol. The first kappa shape index (κ1) is 15.7. The molecule has 0 saturated heterocycles. The number of benzene rings is 2. The summed E-state index contributed by atoms with van der Waals surface area (Å²) in [6, 6.07) is 14.5. The third-order valence-electron chi connectivity index (χ3n) is 4.00. The molecule has 0 aliphatic carbocycles. The number of imidazole rings is 1. The van der Waals surface area contributed by atoms with Crippen molar-refractivity contribution in [2.45, 2.75) is 32.9 Å². The number of halogens is 1. The molecule has 1 heterocycles. The van der Waals surface area contributed by atoms with Crippen molar-refractivity contribution in [1.29, 1.82) is 0 Å². The normalized spacial score (nSPS) is 12.9. The topological polar surface area (TPSA) is 43.8 Å². The lowest BCUT2D eigenvalue weighted by Crippen LogP contribution is -2.19. The number of nitrogens with two attached hydrogens (primary N) is 1. The summed E-state index contributed by atoms with van der Waals surface area (Å²) in [6.45, 7) is 4.96. The Hall–Kier alpha value is -2.20. The van der Waals surface area contributed by atoms with E-state index in [0.717, 1.165) is 28.8 Å². The summed E-state index contributed by atoms with van der Waals surface area (Å²) in [5.74, 6) is 1.18. The summed E-state index contributed by atoms with van der Waals surface area (Å²) in [4.78, 5) is 4.74. The summed E-state index contributed by atoms with van der Waals surface area (Å²) in [6.07, 6.45) is 0.882. The van der Waals surface area contributed by atoms with Crippen LogP contribution in [0.2, 0.25) is 0 Å². The van der Waals surface area contributed by atoms with Gasteiger partial charge in [-0.3, -0.25) is 0 Å².